The molecule has 5 nitrogen and oxygen atoms in total. The maximum absolute atomic E-state index is 4.26. The average molecular weight is 286 g/mol. The summed E-state index contributed by atoms with van der Waals surface area (Å²) in [6, 6.07) is 6.34. The number of imidazole rings is 1. The van der Waals surface area contributed by atoms with Gasteiger partial charge in [0.25, 0.3) is 0 Å². The number of aromatic amines is 1. The van der Waals surface area contributed by atoms with E-state index in [1.165, 1.54) is 17.5 Å². The average Bonchev–Trinajstić information content (AvgIpc) is 3.06. The van der Waals surface area contributed by atoms with E-state index in [4.69, 9.17) is 0 Å². The molecule has 2 heterocycles. The molecule has 20 heavy (non-hydrogen) atoms. The lowest BCUT2D eigenvalue weighted by Crippen LogP contribution is -1.96. The van der Waals surface area contributed by atoms with Crippen LogP contribution in [0.2, 0.25) is 0 Å². The molecular weight excluding hydrogens is 274 g/mol. The summed E-state index contributed by atoms with van der Waals surface area (Å²) >= 11 is 0. The summed E-state index contributed by atoms with van der Waals surface area (Å²) in [4.78, 5) is 15.5. The number of rotatable bonds is 2. The van der Waals surface area contributed by atoms with Crippen LogP contribution in [0.15, 0.2) is 36.9 Å². The number of fused-ring (bicyclic) bond motifs is 2. The highest BCUT2D eigenvalue weighted by Gasteiger charge is 2.08. The molecule has 0 saturated heterocycles. The van der Waals surface area contributed by atoms with Gasteiger partial charge < -0.3 is 10.3 Å². The SMILES string of the molecule is C1=Cc2cc(Nc3ncnc4nc[nH]c34)ccc2C1.Cl. The van der Waals surface area contributed by atoms with E-state index in [-0.39, 0.29) is 12.4 Å². The predicted molar refractivity (Wildman–Crippen MR) is 81.4 cm³/mol. The Balaban J connectivity index is 0.00000121. The van der Waals surface area contributed by atoms with Gasteiger partial charge in [0.15, 0.2) is 11.5 Å². The van der Waals surface area contributed by atoms with Crippen molar-refractivity contribution in [2.45, 2.75) is 6.42 Å². The fourth-order valence-electron chi connectivity index (χ4n) is 2.32. The highest BCUT2D eigenvalue weighted by Crippen LogP contribution is 2.26. The number of allylic oxidation sites excluding steroid dienone is 1. The van der Waals surface area contributed by atoms with Gasteiger partial charge in [-0.3, -0.25) is 0 Å². The van der Waals surface area contributed by atoms with Crippen LogP contribution < -0.4 is 5.32 Å². The Kier molecular flexibility index (Phi) is 3.12. The van der Waals surface area contributed by atoms with Gasteiger partial charge >= 0.3 is 0 Å². The van der Waals surface area contributed by atoms with Crippen LogP contribution in [0, 0.1) is 0 Å². The number of aromatic nitrogens is 4. The molecule has 1 aliphatic carbocycles. The van der Waals surface area contributed by atoms with E-state index in [0.717, 1.165) is 23.4 Å². The third-order valence-corrected chi connectivity index (χ3v) is 3.27. The number of hydrogen-bond donors (Lipinski definition) is 2. The smallest absolute Gasteiger partial charge is 0.182 e. The van der Waals surface area contributed by atoms with E-state index in [1.54, 1.807) is 6.33 Å². The highest BCUT2D eigenvalue weighted by molar-refractivity contribution is 5.85. The molecular formula is C14H12ClN5. The van der Waals surface area contributed by atoms with Gasteiger partial charge in [0.2, 0.25) is 0 Å². The fourth-order valence-corrected chi connectivity index (χ4v) is 2.32. The highest BCUT2D eigenvalue weighted by atomic mass is 35.5. The summed E-state index contributed by atoms with van der Waals surface area (Å²) in [5, 5.41) is 3.31. The first kappa shape index (κ1) is 12.6. The zero-order chi connectivity index (χ0) is 12.7. The van der Waals surface area contributed by atoms with Crippen molar-refractivity contribution in [3.05, 3.63) is 48.1 Å². The van der Waals surface area contributed by atoms with Gasteiger partial charge in [0, 0.05) is 5.69 Å². The topological polar surface area (TPSA) is 66.5 Å². The van der Waals surface area contributed by atoms with Crippen molar-refractivity contribution in [2.24, 2.45) is 0 Å². The molecule has 0 unspecified atom stereocenters. The lowest BCUT2D eigenvalue weighted by atomic mass is 10.1. The van der Waals surface area contributed by atoms with Crippen molar-refractivity contribution in [1.29, 1.82) is 0 Å². The quantitative estimate of drug-likeness (QED) is 0.759. The summed E-state index contributed by atoms with van der Waals surface area (Å²) < 4.78 is 0. The van der Waals surface area contributed by atoms with Crippen molar-refractivity contribution >= 4 is 41.2 Å². The Hall–Kier alpha value is -2.40. The second-order valence-electron chi connectivity index (χ2n) is 4.47. The Labute approximate surface area is 121 Å². The molecule has 1 aliphatic rings. The number of anilines is 2. The van der Waals surface area contributed by atoms with Crippen molar-refractivity contribution < 1.29 is 0 Å². The zero-order valence-electron chi connectivity index (χ0n) is 10.5. The van der Waals surface area contributed by atoms with Crippen LogP contribution in [0.25, 0.3) is 17.2 Å². The van der Waals surface area contributed by atoms with Crippen LogP contribution in [-0.4, -0.2) is 19.9 Å². The maximum Gasteiger partial charge on any atom is 0.182 e. The Morgan fingerprint density at radius 2 is 2.10 bits per heavy atom. The number of halogens is 1. The van der Waals surface area contributed by atoms with Gasteiger partial charge in [-0.05, 0) is 29.7 Å². The van der Waals surface area contributed by atoms with Crippen molar-refractivity contribution in [1.82, 2.24) is 19.9 Å². The molecule has 0 radical (unpaired) electrons. The van der Waals surface area contributed by atoms with Gasteiger partial charge in [-0.1, -0.05) is 18.2 Å². The first-order valence-corrected chi connectivity index (χ1v) is 6.11. The largest absolute Gasteiger partial charge is 0.340 e. The van der Waals surface area contributed by atoms with Gasteiger partial charge in [0.05, 0.1) is 6.33 Å². The summed E-state index contributed by atoms with van der Waals surface area (Å²) in [7, 11) is 0. The molecule has 0 saturated carbocycles. The first-order chi connectivity index (χ1) is 9.40. The molecule has 0 bridgehead atoms. The van der Waals surface area contributed by atoms with Crippen LogP contribution in [0.5, 0.6) is 0 Å². The summed E-state index contributed by atoms with van der Waals surface area (Å²) in [6.45, 7) is 0. The normalized spacial score (nSPS) is 12.2. The van der Waals surface area contributed by atoms with Gasteiger partial charge in [-0.25, -0.2) is 15.0 Å². The monoisotopic (exact) mass is 285 g/mol. The number of H-pyrrole nitrogens is 1. The van der Waals surface area contributed by atoms with E-state index in [9.17, 15) is 0 Å². The van der Waals surface area contributed by atoms with Crippen LogP contribution in [0.3, 0.4) is 0 Å². The second-order valence-corrected chi connectivity index (χ2v) is 4.47. The first-order valence-electron chi connectivity index (χ1n) is 6.11. The van der Waals surface area contributed by atoms with Crippen LogP contribution in [0.4, 0.5) is 11.5 Å². The Morgan fingerprint density at radius 3 is 3.05 bits per heavy atom. The van der Waals surface area contributed by atoms with Crippen molar-refractivity contribution in [3.8, 4) is 0 Å². The molecule has 0 spiro atoms. The van der Waals surface area contributed by atoms with Crippen molar-refractivity contribution in [2.75, 3.05) is 5.32 Å². The van der Waals surface area contributed by atoms with Gasteiger partial charge in [-0.2, -0.15) is 0 Å². The van der Waals surface area contributed by atoms with Crippen molar-refractivity contribution in [3.63, 3.8) is 0 Å². The number of nitrogens with one attached hydrogen (secondary N) is 2. The third-order valence-electron chi connectivity index (χ3n) is 3.27. The second kappa shape index (κ2) is 4.94. The standard InChI is InChI=1S/C14H11N5.ClH/c1-2-9-4-5-11(6-10(9)3-1)19-14-12-13(16-7-15-12)17-8-18-14;/h1,3-8H,2H2,(H2,15,16,17,18,19);1H. The molecule has 1 aromatic carbocycles. The van der Waals surface area contributed by atoms with E-state index < -0.39 is 0 Å². The zero-order valence-corrected chi connectivity index (χ0v) is 11.3. The lowest BCUT2D eigenvalue weighted by Gasteiger charge is -2.07. The molecule has 6 heteroatoms. The number of benzene rings is 1. The Morgan fingerprint density at radius 1 is 1.15 bits per heavy atom. The molecule has 0 amide bonds. The van der Waals surface area contributed by atoms with E-state index in [1.807, 2.05) is 0 Å². The molecule has 100 valence electrons. The third kappa shape index (κ3) is 2.02. The summed E-state index contributed by atoms with van der Waals surface area (Å²) in [5.74, 6) is 0.740. The predicted octanol–water partition coefficient (Wildman–Crippen LogP) is 3.09. The maximum atomic E-state index is 4.26. The molecule has 0 fully saturated rings. The number of hydrogen-bond acceptors (Lipinski definition) is 4. The number of nitrogens with zero attached hydrogens (tertiary/aromatic N) is 3. The van der Waals surface area contributed by atoms with E-state index in [2.05, 4.69) is 55.6 Å². The van der Waals surface area contributed by atoms with E-state index >= 15 is 0 Å². The molecule has 0 atom stereocenters. The molecule has 2 N–H and O–H groups in total. The minimum absolute atomic E-state index is 0. The molecule has 0 aliphatic heterocycles. The van der Waals surface area contributed by atoms with Crippen LogP contribution >= 0.6 is 12.4 Å². The van der Waals surface area contributed by atoms with Crippen LogP contribution in [-0.2, 0) is 6.42 Å². The van der Waals surface area contributed by atoms with Gasteiger partial charge in [0.1, 0.15) is 11.8 Å². The fraction of sp³-hybridized carbons (Fsp3) is 0.0714. The van der Waals surface area contributed by atoms with Gasteiger partial charge in [-0.15, -0.1) is 12.4 Å². The lowest BCUT2D eigenvalue weighted by molar-refractivity contribution is 1.20. The van der Waals surface area contributed by atoms with E-state index in [0.29, 0.717) is 5.65 Å². The van der Waals surface area contributed by atoms with Crippen LogP contribution in [0.1, 0.15) is 11.1 Å². The Bertz CT molecular complexity index is 793. The minimum Gasteiger partial charge on any atom is -0.340 e. The molecule has 4 rings (SSSR count). The summed E-state index contributed by atoms with van der Waals surface area (Å²) in [6.07, 6.45) is 8.47. The molecule has 2 aromatic heterocycles. The minimum atomic E-state index is 0. The molecule has 3 aromatic rings. The summed E-state index contributed by atoms with van der Waals surface area (Å²) in [5.41, 5.74) is 5.12.